The monoisotopic (exact) mass is 212 g/mol. The molecular formula is C10H16N2O3. The van der Waals surface area contributed by atoms with Gasteiger partial charge in [-0.2, -0.15) is 0 Å². The Morgan fingerprint density at radius 1 is 1.53 bits per heavy atom. The second kappa shape index (κ2) is 3.12. The average molecular weight is 212 g/mol. The lowest BCUT2D eigenvalue weighted by atomic mass is 10.1. The van der Waals surface area contributed by atoms with E-state index in [9.17, 15) is 9.59 Å². The molecule has 0 aliphatic carbocycles. The Kier molecular flexibility index (Phi) is 2.13. The Labute approximate surface area is 88.8 Å². The number of fused-ring (bicyclic) bond motifs is 2. The van der Waals surface area contributed by atoms with Crippen LogP contribution in [0.4, 0.5) is 4.79 Å². The van der Waals surface area contributed by atoms with Gasteiger partial charge in [-0.1, -0.05) is 0 Å². The molecule has 2 aliphatic heterocycles. The molecule has 2 fully saturated rings. The topological polar surface area (TPSA) is 58.6 Å². The first kappa shape index (κ1) is 10.3. The number of esters is 1. The highest BCUT2D eigenvalue weighted by molar-refractivity contribution is 5.86. The number of nitrogens with one attached hydrogen (secondary N) is 1. The number of morpholine rings is 1. The van der Waals surface area contributed by atoms with Crippen LogP contribution in [0.15, 0.2) is 0 Å². The molecule has 5 heteroatoms. The summed E-state index contributed by atoms with van der Waals surface area (Å²) in [4.78, 5) is 24.6. The van der Waals surface area contributed by atoms with Crippen LogP contribution in [-0.4, -0.2) is 41.1 Å². The maximum atomic E-state index is 11.8. The third kappa shape index (κ3) is 1.91. The molecule has 5 nitrogen and oxygen atoms in total. The average Bonchev–Trinajstić information content (AvgIpc) is 2.58. The summed E-state index contributed by atoms with van der Waals surface area (Å²) in [7, 11) is 0. The summed E-state index contributed by atoms with van der Waals surface area (Å²) in [5, 5.41) is 2.85. The molecule has 0 spiro atoms. The minimum Gasteiger partial charge on any atom is -0.459 e. The van der Waals surface area contributed by atoms with Crippen LogP contribution in [0, 0.1) is 0 Å². The molecule has 1 N–H and O–H groups in total. The fraction of sp³-hybridized carbons (Fsp3) is 0.800. The first-order valence-electron chi connectivity index (χ1n) is 5.16. The molecule has 2 saturated heterocycles. The van der Waals surface area contributed by atoms with Gasteiger partial charge in [0.2, 0.25) is 0 Å². The van der Waals surface area contributed by atoms with Crippen molar-refractivity contribution >= 4 is 12.0 Å². The Balaban J connectivity index is 2.01. The highest BCUT2D eigenvalue weighted by atomic mass is 16.6. The molecule has 2 rings (SSSR count). The van der Waals surface area contributed by atoms with Crippen molar-refractivity contribution in [3.8, 4) is 0 Å². The summed E-state index contributed by atoms with van der Waals surface area (Å²) in [5.41, 5.74) is -0.275. The number of carbonyl (C=O) groups is 2. The van der Waals surface area contributed by atoms with Crippen LogP contribution in [0.5, 0.6) is 0 Å². The van der Waals surface area contributed by atoms with Crippen LogP contribution in [0.25, 0.3) is 0 Å². The van der Waals surface area contributed by atoms with Gasteiger partial charge in [0.15, 0.2) is 0 Å². The van der Waals surface area contributed by atoms with Crippen LogP contribution in [-0.2, 0) is 9.53 Å². The van der Waals surface area contributed by atoms with Crippen molar-refractivity contribution in [1.29, 1.82) is 0 Å². The Morgan fingerprint density at radius 3 is 2.67 bits per heavy atom. The summed E-state index contributed by atoms with van der Waals surface area (Å²) in [6, 6.07) is -0.538. The number of ether oxygens (including phenoxy) is 1. The van der Waals surface area contributed by atoms with Gasteiger partial charge in [0.1, 0.15) is 12.1 Å². The Bertz CT molecular complexity index is 308. The maximum Gasteiger partial charge on any atom is 0.329 e. The van der Waals surface area contributed by atoms with Crippen LogP contribution in [0.1, 0.15) is 27.2 Å². The van der Waals surface area contributed by atoms with E-state index in [1.54, 1.807) is 4.90 Å². The third-order valence-corrected chi connectivity index (χ3v) is 2.56. The molecular weight excluding hydrogens is 196 g/mol. The summed E-state index contributed by atoms with van der Waals surface area (Å²) in [5.74, 6) is -0.268. The van der Waals surface area contributed by atoms with Crippen LogP contribution in [0.3, 0.4) is 0 Å². The number of urea groups is 1. The molecule has 0 aromatic carbocycles. The van der Waals surface area contributed by atoms with Crippen molar-refractivity contribution in [3.63, 3.8) is 0 Å². The molecule has 0 unspecified atom stereocenters. The Hall–Kier alpha value is -1.26. The summed E-state index contributed by atoms with van der Waals surface area (Å²) in [6.07, 6.45) is 0.560. The van der Waals surface area contributed by atoms with Crippen molar-refractivity contribution in [1.82, 2.24) is 10.2 Å². The summed E-state index contributed by atoms with van der Waals surface area (Å²) < 4.78 is 5.01. The first-order valence-corrected chi connectivity index (χ1v) is 5.16. The molecule has 0 radical (unpaired) electrons. The minimum absolute atomic E-state index is 0.0896. The molecule has 0 aromatic heterocycles. The lowest BCUT2D eigenvalue weighted by Crippen LogP contribution is -2.53. The van der Waals surface area contributed by atoms with Crippen molar-refractivity contribution in [2.45, 2.75) is 44.9 Å². The van der Waals surface area contributed by atoms with E-state index in [0.29, 0.717) is 13.0 Å². The summed E-state index contributed by atoms with van der Waals surface area (Å²) in [6.45, 7) is 6.27. The summed E-state index contributed by atoms with van der Waals surface area (Å²) >= 11 is 0. The third-order valence-electron chi connectivity index (χ3n) is 2.56. The van der Waals surface area contributed by atoms with Gasteiger partial charge in [0, 0.05) is 12.0 Å². The van der Waals surface area contributed by atoms with Crippen molar-refractivity contribution < 1.29 is 14.3 Å². The Morgan fingerprint density at radius 2 is 2.20 bits per heavy atom. The van der Waals surface area contributed by atoms with Gasteiger partial charge < -0.3 is 15.0 Å². The number of carbonyl (C=O) groups excluding carboxylic acids is 2. The van der Waals surface area contributed by atoms with Gasteiger partial charge in [-0.15, -0.1) is 0 Å². The van der Waals surface area contributed by atoms with Crippen molar-refractivity contribution in [2.24, 2.45) is 0 Å². The van der Waals surface area contributed by atoms with E-state index in [1.807, 2.05) is 20.8 Å². The second-order valence-electron chi connectivity index (χ2n) is 5.14. The lowest BCUT2D eigenvalue weighted by Gasteiger charge is -2.30. The zero-order valence-corrected chi connectivity index (χ0v) is 9.24. The van der Waals surface area contributed by atoms with E-state index in [-0.39, 0.29) is 29.7 Å². The molecule has 0 saturated carbocycles. The molecule has 0 aromatic rings. The standard InChI is InChI=1S/C10H16N2O3/c1-10(2,3)11-9(14)12-5-6-4-7(12)8(13)15-6/h6-7H,4-5H2,1-3H3,(H,11,14)/t6-,7-/m0/s1. The fourth-order valence-corrected chi connectivity index (χ4v) is 1.97. The minimum atomic E-state index is -0.364. The van der Waals surface area contributed by atoms with E-state index in [4.69, 9.17) is 4.74 Å². The van der Waals surface area contributed by atoms with E-state index in [1.165, 1.54) is 0 Å². The normalized spacial score (nSPS) is 29.3. The van der Waals surface area contributed by atoms with Crippen molar-refractivity contribution in [3.05, 3.63) is 0 Å². The van der Waals surface area contributed by atoms with Crippen LogP contribution in [0.2, 0.25) is 0 Å². The molecule has 2 bridgehead atoms. The van der Waals surface area contributed by atoms with E-state index < -0.39 is 0 Å². The zero-order chi connectivity index (χ0) is 11.2. The number of nitrogens with zero attached hydrogens (tertiary/aromatic N) is 1. The number of likely N-dealkylation sites (tertiary alicyclic amines) is 1. The molecule has 2 atom stereocenters. The molecule has 84 valence electrons. The number of rotatable bonds is 0. The van der Waals surface area contributed by atoms with Crippen LogP contribution >= 0.6 is 0 Å². The molecule has 2 aliphatic rings. The van der Waals surface area contributed by atoms with E-state index >= 15 is 0 Å². The smallest absolute Gasteiger partial charge is 0.329 e. The van der Waals surface area contributed by atoms with E-state index in [2.05, 4.69) is 5.32 Å². The fourth-order valence-electron chi connectivity index (χ4n) is 1.97. The molecule has 2 heterocycles. The molecule has 2 amide bonds. The zero-order valence-electron chi connectivity index (χ0n) is 9.24. The highest BCUT2D eigenvalue weighted by Crippen LogP contribution is 2.29. The van der Waals surface area contributed by atoms with Gasteiger partial charge >= 0.3 is 12.0 Å². The van der Waals surface area contributed by atoms with Gasteiger partial charge in [-0.3, -0.25) is 0 Å². The van der Waals surface area contributed by atoms with Crippen molar-refractivity contribution in [2.75, 3.05) is 6.54 Å². The first-order chi connectivity index (χ1) is 6.87. The molecule has 15 heavy (non-hydrogen) atoms. The lowest BCUT2D eigenvalue weighted by molar-refractivity contribution is -0.149. The van der Waals surface area contributed by atoms with E-state index in [0.717, 1.165) is 0 Å². The van der Waals surface area contributed by atoms with Crippen LogP contribution < -0.4 is 5.32 Å². The van der Waals surface area contributed by atoms with Gasteiger partial charge in [0.05, 0.1) is 6.54 Å². The highest BCUT2D eigenvalue weighted by Gasteiger charge is 2.48. The van der Waals surface area contributed by atoms with Gasteiger partial charge in [-0.25, -0.2) is 9.59 Å². The van der Waals surface area contributed by atoms with Gasteiger partial charge in [0.25, 0.3) is 0 Å². The van der Waals surface area contributed by atoms with Gasteiger partial charge in [-0.05, 0) is 20.8 Å². The largest absolute Gasteiger partial charge is 0.459 e. The predicted molar refractivity (Wildman–Crippen MR) is 53.3 cm³/mol. The predicted octanol–water partition coefficient (Wildman–Crippen LogP) is 0.494. The second-order valence-corrected chi connectivity index (χ2v) is 5.14. The number of hydrogen-bond acceptors (Lipinski definition) is 3. The SMILES string of the molecule is CC(C)(C)NC(=O)N1C[C@@H]2C[C@H]1C(=O)O2. The quantitative estimate of drug-likeness (QED) is 0.595. The number of hydrogen-bond donors (Lipinski definition) is 1. The maximum absolute atomic E-state index is 11.8. The number of amides is 2.